The molecular formula is C42H45FN4O4. The molecule has 5 rings (SSSR count). The quantitative estimate of drug-likeness (QED) is 0.121. The zero-order valence-corrected chi connectivity index (χ0v) is 30.3. The molecule has 0 bridgehead atoms. The van der Waals surface area contributed by atoms with Gasteiger partial charge in [-0.3, -0.25) is 14.7 Å². The minimum Gasteiger partial charge on any atom is -0.480 e. The number of aromatic nitrogens is 2. The van der Waals surface area contributed by atoms with Gasteiger partial charge in [0, 0.05) is 16.8 Å². The van der Waals surface area contributed by atoms with Gasteiger partial charge >= 0.3 is 5.56 Å². The van der Waals surface area contributed by atoms with E-state index in [4.69, 9.17) is 16.0 Å². The van der Waals surface area contributed by atoms with Crippen LogP contribution >= 0.6 is 0 Å². The summed E-state index contributed by atoms with van der Waals surface area (Å²) in [5, 5.41) is 6.07. The lowest BCUT2D eigenvalue weighted by Gasteiger charge is -2.31. The minimum absolute atomic E-state index is 0.00870. The molecule has 1 heterocycles. The molecule has 8 nitrogen and oxygen atoms in total. The summed E-state index contributed by atoms with van der Waals surface area (Å²) in [4.78, 5) is 30.7. The van der Waals surface area contributed by atoms with Crippen molar-refractivity contribution in [3.63, 3.8) is 0 Å². The highest BCUT2D eigenvalue weighted by molar-refractivity contribution is 5.94. The average molecular weight is 689 g/mol. The number of nitrogens with one attached hydrogen (secondary N) is 2. The number of carbonyl (C=O) groups excluding carboxylic acids is 1. The van der Waals surface area contributed by atoms with Crippen molar-refractivity contribution in [3.8, 4) is 34.2 Å². The molecule has 1 unspecified atom stereocenters. The molecule has 0 aliphatic heterocycles. The maximum absolute atomic E-state index is 13.8. The Bertz CT molecular complexity index is 2090. The number of nitrogens with zero attached hydrogens (tertiary/aromatic N) is 2. The molecule has 1 amide bonds. The maximum atomic E-state index is 13.8. The number of rotatable bonds is 13. The van der Waals surface area contributed by atoms with Crippen molar-refractivity contribution in [2.24, 2.45) is 0 Å². The normalized spacial score (nSPS) is 12.2. The predicted octanol–water partition coefficient (Wildman–Crippen LogP) is 10.5. The standard InChI is InChI=1S/C42H45FN4O4/c1-9-35(51-36-25-14-28(41(4,5)10-2)26-34(36)42(6,7)11-3)39(48)45-31-17-21-32(22-18-31)47-40(49)38(50-33-23-19-30(44-8)20-24-33)37(46-47)27-12-15-29(43)16-13-27/h12-26,35,46H,9-11H2,1-7H3,(H,45,48). The van der Waals surface area contributed by atoms with Crippen LogP contribution in [0.15, 0.2) is 95.8 Å². The lowest BCUT2D eigenvalue weighted by Crippen LogP contribution is -2.33. The smallest absolute Gasteiger partial charge is 0.314 e. The summed E-state index contributed by atoms with van der Waals surface area (Å²) >= 11 is 0. The Hall–Kier alpha value is -5.62. The van der Waals surface area contributed by atoms with Gasteiger partial charge in [-0.05, 0) is 102 Å². The second-order valence-corrected chi connectivity index (χ2v) is 13.9. The lowest BCUT2D eigenvalue weighted by molar-refractivity contribution is -0.122. The van der Waals surface area contributed by atoms with E-state index in [2.05, 4.69) is 68.9 Å². The Labute approximate surface area is 299 Å². The number of hydrogen-bond donors (Lipinski definition) is 2. The van der Waals surface area contributed by atoms with Gasteiger partial charge in [0.25, 0.3) is 5.91 Å². The highest BCUT2D eigenvalue weighted by atomic mass is 19.1. The fourth-order valence-corrected chi connectivity index (χ4v) is 5.59. The monoisotopic (exact) mass is 688 g/mol. The second-order valence-electron chi connectivity index (χ2n) is 13.9. The lowest BCUT2D eigenvalue weighted by atomic mass is 9.76. The van der Waals surface area contributed by atoms with E-state index >= 15 is 0 Å². The fourth-order valence-electron chi connectivity index (χ4n) is 5.59. The molecular weight excluding hydrogens is 643 g/mol. The third-order valence-corrected chi connectivity index (χ3v) is 9.75. The van der Waals surface area contributed by atoms with E-state index in [1.54, 1.807) is 60.7 Å². The largest absolute Gasteiger partial charge is 0.480 e. The van der Waals surface area contributed by atoms with Crippen LogP contribution in [0.1, 0.15) is 78.9 Å². The highest BCUT2D eigenvalue weighted by Crippen LogP contribution is 2.39. The number of H-pyrrole nitrogens is 1. The van der Waals surface area contributed by atoms with Crippen LogP contribution in [0.2, 0.25) is 0 Å². The van der Waals surface area contributed by atoms with Crippen molar-refractivity contribution in [3.05, 3.63) is 130 Å². The van der Waals surface area contributed by atoms with Crippen LogP contribution in [0, 0.1) is 12.4 Å². The van der Waals surface area contributed by atoms with Crippen LogP contribution in [-0.4, -0.2) is 21.8 Å². The molecule has 264 valence electrons. The van der Waals surface area contributed by atoms with E-state index in [-0.39, 0.29) is 22.5 Å². The third-order valence-electron chi connectivity index (χ3n) is 9.75. The maximum Gasteiger partial charge on any atom is 0.314 e. The summed E-state index contributed by atoms with van der Waals surface area (Å²) in [6.07, 6.45) is 1.65. The zero-order valence-electron chi connectivity index (χ0n) is 30.3. The second kappa shape index (κ2) is 15.1. The first kappa shape index (κ1) is 36.7. The number of aromatic amines is 1. The van der Waals surface area contributed by atoms with E-state index in [1.165, 1.54) is 22.4 Å². The van der Waals surface area contributed by atoms with Crippen molar-refractivity contribution in [1.82, 2.24) is 9.78 Å². The zero-order chi connectivity index (χ0) is 36.9. The first-order valence-electron chi connectivity index (χ1n) is 17.3. The Morgan fingerprint density at radius 1 is 0.902 bits per heavy atom. The molecule has 0 aliphatic carbocycles. The molecule has 1 atom stereocenters. The molecule has 51 heavy (non-hydrogen) atoms. The molecule has 0 aliphatic rings. The number of carbonyl (C=O) groups is 1. The summed E-state index contributed by atoms with van der Waals surface area (Å²) < 4.78 is 27.5. The fraction of sp³-hybridized carbons (Fsp3) is 0.310. The first-order valence-corrected chi connectivity index (χ1v) is 17.3. The molecule has 0 fully saturated rings. The summed E-state index contributed by atoms with van der Waals surface area (Å²) in [6.45, 7) is 22.3. The van der Waals surface area contributed by atoms with Gasteiger partial charge in [-0.1, -0.05) is 72.7 Å². The van der Waals surface area contributed by atoms with Crippen LogP contribution in [-0.2, 0) is 15.6 Å². The molecule has 0 saturated carbocycles. The van der Waals surface area contributed by atoms with Gasteiger partial charge in [0.2, 0.25) is 5.75 Å². The van der Waals surface area contributed by atoms with Gasteiger partial charge in [0.15, 0.2) is 11.8 Å². The number of benzene rings is 4. The molecule has 9 heteroatoms. The van der Waals surface area contributed by atoms with Crippen molar-refractivity contribution in [2.45, 2.75) is 84.7 Å². The van der Waals surface area contributed by atoms with Gasteiger partial charge < -0.3 is 14.8 Å². The van der Waals surface area contributed by atoms with E-state index in [9.17, 15) is 14.0 Å². The average Bonchev–Trinajstić information content (AvgIpc) is 3.46. The Morgan fingerprint density at radius 2 is 1.55 bits per heavy atom. The van der Waals surface area contributed by atoms with Crippen molar-refractivity contribution in [1.29, 1.82) is 0 Å². The van der Waals surface area contributed by atoms with E-state index < -0.39 is 17.5 Å². The van der Waals surface area contributed by atoms with Crippen LogP contribution in [0.4, 0.5) is 15.8 Å². The highest BCUT2D eigenvalue weighted by Gasteiger charge is 2.29. The van der Waals surface area contributed by atoms with Crippen molar-refractivity contribution >= 4 is 17.3 Å². The molecule has 2 N–H and O–H groups in total. The van der Waals surface area contributed by atoms with E-state index in [1.807, 2.05) is 13.0 Å². The molecule has 5 aromatic rings. The number of ether oxygens (including phenoxy) is 2. The molecule has 4 aromatic carbocycles. The molecule has 1 aromatic heterocycles. The topological polar surface area (TPSA) is 89.7 Å². The number of anilines is 1. The van der Waals surface area contributed by atoms with Crippen molar-refractivity contribution in [2.75, 3.05) is 5.32 Å². The number of halogens is 1. The Balaban J connectivity index is 1.39. The van der Waals surface area contributed by atoms with Crippen LogP contribution in [0.3, 0.4) is 0 Å². The Morgan fingerprint density at radius 3 is 2.14 bits per heavy atom. The van der Waals surface area contributed by atoms with Gasteiger partial charge in [-0.25, -0.2) is 13.9 Å². The molecule has 0 spiro atoms. The predicted molar refractivity (Wildman–Crippen MR) is 201 cm³/mol. The summed E-state index contributed by atoms with van der Waals surface area (Å²) in [5.74, 6) is 0.392. The van der Waals surface area contributed by atoms with Gasteiger partial charge in [-0.15, -0.1) is 0 Å². The van der Waals surface area contributed by atoms with Gasteiger partial charge in [-0.2, -0.15) is 0 Å². The first-order chi connectivity index (χ1) is 24.3. The van der Waals surface area contributed by atoms with Crippen molar-refractivity contribution < 1.29 is 18.7 Å². The molecule has 0 saturated heterocycles. The van der Waals surface area contributed by atoms with Crippen LogP contribution < -0.4 is 20.3 Å². The van der Waals surface area contributed by atoms with Crippen LogP contribution in [0.25, 0.3) is 21.8 Å². The van der Waals surface area contributed by atoms with Gasteiger partial charge in [0.1, 0.15) is 23.0 Å². The Kier molecular flexibility index (Phi) is 10.8. The molecule has 0 radical (unpaired) electrons. The number of amides is 1. The summed E-state index contributed by atoms with van der Waals surface area (Å²) in [6, 6.07) is 25.3. The minimum atomic E-state index is -0.728. The third kappa shape index (κ3) is 8.07. The van der Waals surface area contributed by atoms with Gasteiger partial charge in [0.05, 0.1) is 12.3 Å². The summed E-state index contributed by atoms with van der Waals surface area (Å²) in [7, 11) is 0. The van der Waals surface area contributed by atoms with E-state index in [0.29, 0.717) is 46.2 Å². The van der Waals surface area contributed by atoms with E-state index in [0.717, 1.165) is 18.4 Å². The van der Waals surface area contributed by atoms with Crippen LogP contribution in [0.5, 0.6) is 17.2 Å². The summed E-state index contributed by atoms with van der Waals surface area (Å²) in [5.41, 5.74) is 4.07. The number of hydrogen-bond acceptors (Lipinski definition) is 4. The SMILES string of the molecule is [C-]#[N+]c1ccc(Oc2c(-c3ccc(F)cc3)[nH]n(-c3ccc(NC(=O)C(CC)Oc4ccc(C(C)(C)CC)cc4C(C)(C)CC)cc3)c2=O)cc1.